The molecule has 5 nitrogen and oxygen atoms in total. The van der Waals surface area contributed by atoms with Gasteiger partial charge in [0.05, 0.1) is 6.54 Å². The minimum atomic E-state index is -0.270. The highest BCUT2D eigenvalue weighted by Crippen LogP contribution is 2.06. The highest BCUT2D eigenvalue weighted by atomic mass is 19.1. The van der Waals surface area contributed by atoms with E-state index in [0.29, 0.717) is 31.6 Å². The van der Waals surface area contributed by atoms with Crippen LogP contribution in [0.3, 0.4) is 0 Å². The standard InChI is InChI=1S/C16H24FN3O2/c1-13(21)20(11-10-19(2)3)12-16(22)18-9-8-14-6-4-5-7-15(14)17/h4-7H,8-12H2,1-3H3,(H,18,22). The van der Waals surface area contributed by atoms with Gasteiger partial charge in [-0.05, 0) is 32.1 Å². The highest BCUT2D eigenvalue weighted by molar-refractivity contribution is 5.83. The molecule has 0 spiro atoms. The molecule has 0 aliphatic carbocycles. The molecule has 0 saturated heterocycles. The van der Waals surface area contributed by atoms with Crippen molar-refractivity contribution in [3.63, 3.8) is 0 Å². The summed E-state index contributed by atoms with van der Waals surface area (Å²) in [7, 11) is 3.82. The Bertz CT molecular complexity index is 506. The average molecular weight is 309 g/mol. The molecule has 0 aliphatic rings. The van der Waals surface area contributed by atoms with Gasteiger partial charge >= 0.3 is 0 Å². The fourth-order valence-corrected chi connectivity index (χ4v) is 1.94. The lowest BCUT2D eigenvalue weighted by atomic mass is 10.1. The smallest absolute Gasteiger partial charge is 0.239 e. The number of nitrogens with one attached hydrogen (secondary N) is 1. The van der Waals surface area contributed by atoms with E-state index in [0.717, 1.165) is 0 Å². The second-order valence-corrected chi connectivity index (χ2v) is 5.44. The van der Waals surface area contributed by atoms with Gasteiger partial charge in [-0.2, -0.15) is 0 Å². The number of halogens is 1. The summed E-state index contributed by atoms with van der Waals surface area (Å²) >= 11 is 0. The molecule has 0 aromatic heterocycles. The van der Waals surface area contributed by atoms with Gasteiger partial charge in [-0.3, -0.25) is 9.59 Å². The van der Waals surface area contributed by atoms with Gasteiger partial charge < -0.3 is 15.1 Å². The number of likely N-dealkylation sites (N-methyl/N-ethyl adjacent to an activating group) is 1. The molecule has 0 aliphatic heterocycles. The SMILES string of the molecule is CC(=O)N(CCN(C)C)CC(=O)NCCc1ccccc1F. The fourth-order valence-electron chi connectivity index (χ4n) is 1.94. The van der Waals surface area contributed by atoms with Crippen LogP contribution in [0.1, 0.15) is 12.5 Å². The molecule has 6 heteroatoms. The topological polar surface area (TPSA) is 52.7 Å². The minimum Gasteiger partial charge on any atom is -0.354 e. The molecule has 122 valence electrons. The summed E-state index contributed by atoms with van der Waals surface area (Å²) in [5, 5.41) is 2.72. The molecule has 1 N–H and O–H groups in total. The lowest BCUT2D eigenvalue weighted by Gasteiger charge is -2.22. The lowest BCUT2D eigenvalue weighted by molar-refractivity contribution is -0.134. The van der Waals surface area contributed by atoms with E-state index in [4.69, 9.17) is 0 Å². The van der Waals surface area contributed by atoms with Gasteiger partial charge in [0.1, 0.15) is 5.82 Å². The maximum Gasteiger partial charge on any atom is 0.239 e. The number of benzene rings is 1. The Hall–Kier alpha value is -1.95. The summed E-state index contributed by atoms with van der Waals surface area (Å²) in [6.45, 7) is 3.02. The van der Waals surface area contributed by atoms with Crippen LogP contribution in [0.15, 0.2) is 24.3 Å². The third-order valence-corrected chi connectivity index (χ3v) is 3.27. The molecule has 2 amide bonds. The predicted octanol–water partition coefficient (Wildman–Crippen LogP) is 0.895. The summed E-state index contributed by atoms with van der Waals surface area (Å²) in [5.41, 5.74) is 0.568. The van der Waals surface area contributed by atoms with E-state index in [1.165, 1.54) is 17.9 Å². The fraction of sp³-hybridized carbons (Fsp3) is 0.500. The van der Waals surface area contributed by atoms with Crippen molar-refractivity contribution in [3.8, 4) is 0 Å². The largest absolute Gasteiger partial charge is 0.354 e. The summed E-state index contributed by atoms with van der Waals surface area (Å²) in [6, 6.07) is 6.49. The van der Waals surface area contributed by atoms with Crippen molar-refractivity contribution in [1.82, 2.24) is 15.1 Å². The molecule has 0 fully saturated rings. The van der Waals surface area contributed by atoms with E-state index >= 15 is 0 Å². The van der Waals surface area contributed by atoms with E-state index in [2.05, 4.69) is 5.32 Å². The number of nitrogens with zero attached hydrogens (tertiary/aromatic N) is 2. The quantitative estimate of drug-likeness (QED) is 0.776. The Balaban J connectivity index is 2.37. The normalized spacial score (nSPS) is 10.6. The van der Waals surface area contributed by atoms with Gasteiger partial charge in [0.25, 0.3) is 0 Å². The Labute approximate surface area is 131 Å². The van der Waals surface area contributed by atoms with Crippen LogP contribution in [0.2, 0.25) is 0 Å². The maximum absolute atomic E-state index is 13.4. The number of amides is 2. The van der Waals surface area contributed by atoms with Crippen LogP contribution in [0.4, 0.5) is 4.39 Å². The second kappa shape index (κ2) is 9.15. The zero-order chi connectivity index (χ0) is 16.5. The van der Waals surface area contributed by atoms with Crippen molar-refractivity contribution in [3.05, 3.63) is 35.6 Å². The van der Waals surface area contributed by atoms with E-state index < -0.39 is 0 Å². The van der Waals surface area contributed by atoms with Crippen molar-refractivity contribution in [2.24, 2.45) is 0 Å². The summed E-state index contributed by atoms with van der Waals surface area (Å²) in [4.78, 5) is 26.8. The van der Waals surface area contributed by atoms with Crippen LogP contribution in [0.5, 0.6) is 0 Å². The van der Waals surface area contributed by atoms with Crippen LogP contribution in [-0.2, 0) is 16.0 Å². The number of carbonyl (C=O) groups is 2. The number of rotatable bonds is 8. The van der Waals surface area contributed by atoms with Crippen molar-refractivity contribution in [1.29, 1.82) is 0 Å². The first-order valence-corrected chi connectivity index (χ1v) is 7.30. The van der Waals surface area contributed by atoms with Gasteiger partial charge in [-0.15, -0.1) is 0 Å². The first-order valence-electron chi connectivity index (χ1n) is 7.30. The molecule has 1 aromatic carbocycles. The van der Waals surface area contributed by atoms with Crippen molar-refractivity contribution in [2.45, 2.75) is 13.3 Å². The monoisotopic (exact) mass is 309 g/mol. The molecule has 0 unspecified atom stereocenters. The molecule has 0 saturated carbocycles. The molecular weight excluding hydrogens is 285 g/mol. The summed E-state index contributed by atoms with van der Waals surface area (Å²) < 4.78 is 13.4. The van der Waals surface area contributed by atoms with Crippen LogP contribution in [0.25, 0.3) is 0 Å². The minimum absolute atomic E-state index is 0.0282. The Morgan fingerprint density at radius 1 is 1.18 bits per heavy atom. The average Bonchev–Trinajstić information content (AvgIpc) is 2.45. The Kier molecular flexibility index (Phi) is 7.52. The number of hydrogen-bond donors (Lipinski definition) is 1. The maximum atomic E-state index is 13.4. The van der Waals surface area contributed by atoms with Crippen molar-refractivity contribution < 1.29 is 14.0 Å². The van der Waals surface area contributed by atoms with Crippen LogP contribution in [-0.4, -0.2) is 61.9 Å². The molecule has 22 heavy (non-hydrogen) atoms. The summed E-state index contributed by atoms with van der Waals surface area (Å²) in [6.07, 6.45) is 0.427. The number of hydrogen-bond acceptors (Lipinski definition) is 3. The van der Waals surface area contributed by atoms with E-state index in [1.54, 1.807) is 18.2 Å². The van der Waals surface area contributed by atoms with Crippen molar-refractivity contribution in [2.75, 3.05) is 40.3 Å². The first kappa shape index (κ1) is 18.1. The van der Waals surface area contributed by atoms with E-state index in [1.807, 2.05) is 19.0 Å². The molecule has 0 heterocycles. The summed E-state index contributed by atoms with van der Waals surface area (Å²) in [5.74, 6) is -0.635. The predicted molar refractivity (Wildman–Crippen MR) is 83.9 cm³/mol. The molecule has 1 rings (SSSR count). The third-order valence-electron chi connectivity index (χ3n) is 3.27. The third kappa shape index (κ3) is 6.67. The van der Waals surface area contributed by atoms with Crippen molar-refractivity contribution >= 4 is 11.8 Å². The zero-order valence-corrected chi connectivity index (χ0v) is 13.4. The lowest BCUT2D eigenvalue weighted by Crippen LogP contribution is -2.43. The Morgan fingerprint density at radius 2 is 1.86 bits per heavy atom. The van der Waals surface area contributed by atoms with Gasteiger partial charge in [-0.1, -0.05) is 18.2 Å². The van der Waals surface area contributed by atoms with Gasteiger partial charge in [-0.25, -0.2) is 4.39 Å². The first-order chi connectivity index (χ1) is 10.4. The number of carbonyl (C=O) groups excluding carboxylic acids is 2. The van der Waals surface area contributed by atoms with Crippen LogP contribution >= 0.6 is 0 Å². The second-order valence-electron chi connectivity index (χ2n) is 5.44. The molecule has 1 aromatic rings. The van der Waals surface area contributed by atoms with Crippen LogP contribution in [0, 0.1) is 5.82 Å². The molecular formula is C16H24FN3O2. The van der Waals surface area contributed by atoms with E-state index in [-0.39, 0.29) is 24.2 Å². The van der Waals surface area contributed by atoms with Gasteiger partial charge in [0.15, 0.2) is 0 Å². The Morgan fingerprint density at radius 3 is 2.45 bits per heavy atom. The van der Waals surface area contributed by atoms with Gasteiger partial charge in [0, 0.05) is 26.6 Å². The zero-order valence-electron chi connectivity index (χ0n) is 13.4. The molecule has 0 radical (unpaired) electrons. The molecule has 0 atom stereocenters. The highest BCUT2D eigenvalue weighted by Gasteiger charge is 2.13. The van der Waals surface area contributed by atoms with Crippen LogP contribution < -0.4 is 5.32 Å². The van der Waals surface area contributed by atoms with E-state index in [9.17, 15) is 14.0 Å². The van der Waals surface area contributed by atoms with Gasteiger partial charge in [0.2, 0.25) is 11.8 Å². The molecule has 0 bridgehead atoms.